The van der Waals surface area contributed by atoms with E-state index in [9.17, 15) is 39.9 Å². The third-order valence-corrected chi connectivity index (χ3v) is 13.5. The summed E-state index contributed by atoms with van der Waals surface area (Å²) in [6.45, 7) is 19.6. The molecule has 0 aromatic carbocycles. The Bertz CT molecular complexity index is 1380. The maximum absolute atomic E-state index is 13.5. The highest BCUT2D eigenvalue weighted by atomic mass is 16.7. The fourth-order valence-corrected chi connectivity index (χ4v) is 9.01. The van der Waals surface area contributed by atoms with Gasteiger partial charge in [0.1, 0.15) is 17.7 Å². The molecule has 3 rings (SSSR count). The van der Waals surface area contributed by atoms with Gasteiger partial charge in [-0.05, 0) is 44.4 Å². The second-order valence-corrected chi connectivity index (χ2v) is 17.8. The Balaban J connectivity index is 2.00. The van der Waals surface area contributed by atoms with E-state index in [-0.39, 0.29) is 42.0 Å². The van der Waals surface area contributed by atoms with Gasteiger partial charge < -0.3 is 39.7 Å². The molecule has 2 bridgehead atoms. The number of ether oxygens (including phenoxy) is 3. The molecule has 5 N–H and O–H groups in total. The number of allylic oxidation sites excluding steroid dienone is 3. The molecule has 320 valence electrons. The number of hydrogen-bond donors (Lipinski definition) is 5. The highest BCUT2D eigenvalue weighted by Gasteiger charge is 2.56. The van der Waals surface area contributed by atoms with Crippen LogP contribution in [0.1, 0.15) is 115 Å². The van der Waals surface area contributed by atoms with Gasteiger partial charge in [0.15, 0.2) is 5.79 Å². The van der Waals surface area contributed by atoms with Crippen LogP contribution in [0.5, 0.6) is 0 Å². The molecule has 19 atom stereocenters. The SMILES string of the molecule is CC[C@H]1/C=C\C=C/C[C@@H](C)[C@H](O)[C@H](C)C(=O)[C@@H](C)[C@H](O)[C@@H](C)C(=O)[C@@H](C)[C@H](O)[C@@H](C)/C=C\C(=O)O[C@@H]2[C@H](C)[C@H](C[C@H]1O)O[C@]1(CC[C@H](C)[C@H](C[C@@H](C)O)O1)[C@H]2C. The van der Waals surface area contributed by atoms with E-state index in [1.165, 1.54) is 19.1 Å². The van der Waals surface area contributed by atoms with Crippen molar-refractivity contribution in [1.82, 2.24) is 0 Å². The fourth-order valence-electron chi connectivity index (χ4n) is 9.01. The molecule has 3 aliphatic rings. The van der Waals surface area contributed by atoms with Crippen LogP contribution in [0.15, 0.2) is 36.5 Å². The lowest BCUT2D eigenvalue weighted by Gasteiger charge is -2.55. The number of rotatable bonds is 3. The number of carbonyl (C=O) groups excluding carboxylic acids is 3. The van der Waals surface area contributed by atoms with E-state index in [2.05, 4.69) is 6.92 Å². The minimum Gasteiger partial charge on any atom is -0.458 e. The standard InChI is InChI=1S/C45H74O11/c1-12-34-17-15-13-14-16-25(3)39(49)29(7)41(51)31(9)43(53)32(10)42(52)30(8)40(50)26(4)18-19-38(48)54-44-28(6)37(23-35(34)47)56-45(33(44)11)21-20-24(2)36(55-45)22-27(5)46/h13-15,17-19,24-37,39-40,43-44,46-47,49-50,53H,12,16,20-23H2,1-11H3/b14-13-,17-15-,19-18-/t24-,25+,26-,27+,28+,29-,30-,31+,32-,33-,34-,35+,36-,37-,39-,40+,43-,44+,45+/m0/s1. The molecule has 2 fully saturated rings. The lowest BCUT2D eigenvalue weighted by Crippen LogP contribution is -2.62. The Kier molecular flexibility index (Phi) is 18.2. The summed E-state index contributed by atoms with van der Waals surface area (Å²) in [5.41, 5.74) is 0. The van der Waals surface area contributed by atoms with Crippen LogP contribution in [-0.4, -0.2) is 97.7 Å². The molecule has 1 spiro atoms. The second kappa shape index (κ2) is 21.1. The van der Waals surface area contributed by atoms with Crippen molar-refractivity contribution in [3.05, 3.63) is 36.5 Å². The van der Waals surface area contributed by atoms with Crippen LogP contribution in [0.4, 0.5) is 0 Å². The van der Waals surface area contributed by atoms with Gasteiger partial charge in [-0.15, -0.1) is 0 Å². The van der Waals surface area contributed by atoms with E-state index in [0.717, 1.165) is 6.42 Å². The molecular weight excluding hydrogens is 716 g/mol. The molecule has 0 radical (unpaired) electrons. The summed E-state index contributed by atoms with van der Waals surface area (Å²) in [5, 5.41) is 55.4. The minimum atomic E-state index is -1.32. The van der Waals surface area contributed by atoms with Gasteiger partial charge in [-0.3, -0.25) is 9.59 Å². The van der Waals surface area contributed by atoms with Crippen LogP contribution in [-0.2, 0) is 28.6 Å². The number of ketones is 2. The Morgan fingerprint density at radius 3 is 1.96 bits per heavy atom. The van der Waals surface area contributed by atoms with Gasteiger partial charge in [0.25, 0.3) is 0 Å². The number of aliphatic hydroxyl groups excluding tert-OH is 5. The average Bonchev–Trinajstić information content (AvgIpc) is 3.16. The maximum Gasteiger partial charge on any atom is 0.330 e. The fraction of sp³-hybridized carbons (Fsp3) is 0.800. The van der Waals surface area contributed by atoms with Gasteiger partial charge in [-0.1, -0.05) is 99.6 Å². The van der Waals surface area contributed by atoms with E-state index in [4.69, 9.17) is 14.2 Å². The van der Waals surface area contributed by atoms with Gasteiger partial charge in [-0.2, -0.15) is 0 Å². The monoisotopic (exact) mass is 791 g/mol. The summed E-state index contributed by atoms with van der Waals surface area (Å²) in [7, 11) is 0. The van der Waals surface area contributed by atoms with Gasteiger partial charge >= 0.3 is 5.97 Å². The van der Waals surface area contributed by atoms with E-state index in [0.29, 0.717) is 25.7 Å². The zero-order valence-corrected chi connectivity index (χ0v) is 35.8. The summed E-state index contributed by atoms with van der Waals surface area (Å²) in [5.74, 6) is -7.77. The number of aliphatic hydroxyl groups is 5. The molecule has 11 heteroatoms. The van der Waals surface area contributed by atoms with E-state index in [1.807, 2.05) is 52.0 Å². The van der Waals surface area contributed by atoms with Crippen molar-refractivity contribution in [2.75, 3.05) is 0 Å². The quantitative estimate of drug-likeness (QED) is 0.220. The topological polar surface area (TPSA) is 180 Å². The average molecular weight is 791 g/mol. The molecular formula is C45H74O11. The van der Waals surface area contributed by atoms with Crippen LogP contribution in [0.2, 0.25) is 0 Å². The largest absolute Gasteiger partial charge is 0.458 e. The molecule has 0 amide bonds. The number of fused-ring (bicyclic) bond motifs is 2. The number of carbonyl (C=O) groups is 3. The third-order valence-electron chi connectivity index (χ3n) is 13.5. The first-order chi connectivity index (χ1) is 26.2. The van der Waals surface area contributed by atoms with Crippen LogP contribution in [0.3, 0.4) is 0 Å². The van der Waals surface area contributed by atoms with Crippen LogP contribution < -0.4 is 0 Å². The molecule has 3 aliphatic heterocycles. The summed E-state index contributed by atoms with van der Waals surface area (Å²) in [6, 6.07) is 0. The highest BCUT2D eigenvalue weighted by molar-refractivity contribution is 5.87. The predicted octanol–water partition coefficient (Wildman–Crippen LogP) is 5.74. The Hall–Kier alpha value is -2.25. The third kappa shape index (κ3) is 11.7. The van der Waals surface area contributed by atoms with Gasteiger partial charge in [-0.25, -0.2) is 4.79 Å². The summed E-state index contributed by atoms with van der Waals surface area (Å²) < 4.78 is 19.8. The molecule has 0 aromatic heterocycles. The van der Waals surface area contributed by atoms with Crippen molar-refractivity contribution in [3.63, 3.8) is 0 Å². The number of esters is 1. The molecule has 0 aromatic rings. The summed E-state index contributed by atoms with van der Waals surface area (Å²) >= 11 is 0. The highest BCUT2D eigenvalue weighted by Crippen LogP contribution is 2.49. The van der Waals surface area contributed by atoms with Crippen molar-refractivity contribution in [3.8, 4) is 0 Å². The molecule has 11 nitrogen and oxygen atoms in total. The lowest BCUT2D eigenvalue weighted by atomic mass is 9.74. The molecule has 0 unspecified atom stereocenters. The van der Waals surface area contributed by atoms with E-state index in [1.54, 1.807) is 34.6 Å². The maximum atomic E-state index is 13.5. The first kappa shape index (κ1) is 48.1. The molecule has 2 saturated heterocycles. The van der Waals surface area contributed by atoms with Crippen LogP contribution in [0.25, 0.3) is 0 Å². The zero-order chi connectivity index (χ0) is 42.2. The Labute approximate surface area is 336 Å². The first-order valence-corrected chi connectivity index (χ1v) is 21.2. The Morgan fingerprint density at radius 1 is 0.786 bits per heavy atom. The summed E-state index contributed by atoms with van der Waals surface area (Å²) in [4.78, 5) is 40.5. The van der Waals surface area contributed by atoms with Crippen molar-refractivity contribution >= 4 is 17.5 Å². The van der Waals surface area contributed by atoms with Crippen LogP contribution >= 0.6 is 0 Å². The lowest BCUT2D eigenvalue weighted by molar-refractivity contribution is -0.372. The number of Topliss-reactive ketones (excluding diaryl/α,β-unsaturated/α-hetero) is 2. The zero-order valence-electron chi connectivity index (χ0n) is 35.8. The number of hydrogen-bond acceptors (Lipinski definition) is 11. The molecule has 0 aliphatic carbocycles. The van der Waals surface area contributed by atoms with Crippen molar-refractivity contribution in [2.24, 2.45) is 59.2 Å². The second-order valence-electron chi connectivity index (χ2n) is 17.8. The minimum absolute atomic E-state index is 0.179. The predicted molar refractivity (Wildman–Crippen MR) is 215 cm³/mol. The Morgan fingerprint density at radius 2 is 1.38 bits per heavy atom. The van der Waals surface area contributed by atoms with Gasteiger partial charge in [0, 0.05) is 66.3 Å². The van der Waals surface area contributed by atoms with Gasteiger partial charge in [0.05, 0.1) is 42.7 Å². The first-order valence-electron chi connectivity index (χ1n) is 21.2. The molecule has 3 heterocycles. The smallest absolute Gasteiger partial charge is 0.330 e. The van der Waals surface area contributed by atoms with E-state index >= 15 is 0 Å². The van der Waals surface area contributed by atoms with Crippen LogP contribution in [0, 0.1) is 59.2 Å². The molecule has 0 saturated carbocycles. The van der Waals surface area contributed by atoms with Crippen molar-refractivity contribution < 1.29 is 54.1 Å². The van der Waals surface area contributed by atoms with Crippen molar-refractivity contribution in [2.45, 2.75) is 169 Å². The van der Waals surface area contributed by atoms with Crippen molar-refractivity contribution in [1.29, 1.82) is 0 Å². The normalized spacial score (nSPS) is 46.8. The molecule has 56 heavy (non-hydrogen) atoms. The summed E-state index contributed by atoms with van der Waals surface area (Å²) in [6.07, 6.45) is 7.23. The van der Waals surface area contributed by atoms with Gasteiger partial charge in [0.2, 0.25) is 0 Å². The van der Waals surface area contributed by atoms with E-state index < -0.39 is 95.8 Å².